The molecule has 2 atom stereocenters. The summed E-state index contributed by atoms with van der Waals surface area (Å²) in [5.41, 5.74) is 1.21. The lowest BCUT2D eigenvalue weighted by atomic mass is 9.96. The van der Waals surface area contributed by atoms with Crippen LogP contribution in [0.3, 0.4) is 0 Å². The highest BCUT2D eigenvalue weighted by atomic mass is 16.5. The number of hydrogen-bond acceptors (Lipinski definition) is 4. The third-order valence-electron chi connectivity index (χ3n) is 4.73. The fraction of sp³-hybridized carbons (Fsp3) is 0.500. The number of nitrogens with one attached hydrogen (secondary N) is 1. The lowest BCUT2D eigenvalue weighted by Crippen LogP contribution is -2.48. The molecule has 0 saturated carbocycles. The molecule has 1 fully saturated rings. The number of nitrogens with zero attached hydrogens (tertiary/aromatic N) is 4. The number of carbonyl (C=O) groups is 1. The maximum absolute atomic E-state index is 12.4. The number of amides is 2. The molecule has 1 saturated heterocycles. The summed E-state index contributed by atoms with van der Waals surface area (Å²) in [5.74, 6) is 1.05. The molecule has 0 aromatic carbocycles. The summed E-state index contributed by atoms with van der Waals surface area (Å²) in [6.45, 7) is 4.28. The quantitative estimate of drug-likeness (QED) is 0.905. The molecule has 7 heteroatoms. The van der Waals surface area contributed by atoms with Crippen LogP contribution in [0.5, 0.6) is 0 Å². The van der Waals surface area contributed by atoms with E-state index in [1.165, 1.54) is 5.56 Å². The number of anilines is 1. The number of rotatable bonds is 5. The van der Waals surface area contributed by atoms with E-state index in [9.17, 15) is 4.79 Å². The van der Waals surface area contributed by atoms with E-state index in [4.69, 9.17) is 4.74 Å². The minimum absolute atomic E-state index is 0.0948. The van der Waals surface area contributed by atoms with Crippen molar-refractivity contribution >= 4 is 11.8 Å². The second-order valence-corrected chi connectivity index (χ2v) is 6.49. The van der Waals surface area contributed by atoms with E-state index in [1.807, 2.05) is 29.1 Å². The van der Waals surface area contributed by atoms with E-state index in [-0.39, 0.29) is 12.1 Å². The Morgan fingerprint density at radius 1 is 1.36 bits per heavy atom. The Balaban J connectivity index is 1.51. The van der Waals surface area contributed by atoms with Gasteiger partial charge < -0.3 is 9.64 Å². The third-order valence-corrected chi connectivity index (χ3v) is 4.73. The van der Waals surface area contributed by atoms with Crippen molar-refractivity contribution in [1.29, 1.82) is 0 Å². The van der Waals surface area contributed by atoms with Gasteiger partial charge in [-0.3, -0.25) is 15.0 Å². The van der Waals surface area contributed by atoms with Gasteiger partial charge in [-0.1, -0.05) is 6.92 Å². The predicted molar refractivity (Wildman–Crippen MR) is 95.3 cm³/mol. The molecule has 0 spiro atoms. The number of methoxy groups -OCH3 is 1. The molecule has 0 radical (unpaired) electrons. The summed E-state index contributed by atoms with van der Waals surface area (Å²) in [6.07, 6.45) is 7.38. The number of aryl methyl sites for hydroxylation is 2. The van der Waals surface area contributed by atoms with Gasteiger partial charge in [-0.05, 0) is 36.5 Å². The molecule has 134 valence electrons. The normalized spacial score (nSPS) is 20.5. The van der Waals surface area contributed by atoms with Crippen molar-refractivity contribution in [2.45, 2.75) is 32.4 Å². The number of piperidine rings is 1. The molecule has 25 heavy (non-hydrogen) atoms. The summed E-state index contributed by atoms with van der Waals surface area (Å²) in [6, 6.07) is 5.70. The number of urea groups is 1. The van der Waals surface area contributed by atoms with Gasteiger partial charge in [0, 0.05) is 51.4 Å². The first-order chi connectivity index (χ1) is 12.2. The van der Waals surface area contributed by atoms with Gasteiger partial charge in [-0.2, -0.15) is 5.10 Å². The van der Waals surface area contributed by atoms with Gasteiger partial charge in [-0.25, -0.2) is 4.79 Å². The summed E-state index contributed by atoms with van der Waals surface area (Å²) in [7, 11) is 1.70. The fourth-order valence-corrected chi connectivity index (χ4v) is 3.06. The first-order valence-corrected chi connectivity index (χ1v) is 8.67. The van der Waals surface area contributed by atoms with Gasteiger partial charge in [-0.15, -0.1) is 0 Å². The zero-order valence-corrected chi connectivity index (χ0v) is 14.8. The van der Waals surface area contributed by atoms with E-state index >= 15 is 0 Å². The topological polar surface area (TPSA) is 72.3 Å². The Morgan fingerprint density at radius 2 is 2.16 bits per heavy atom. The zero-order valence-electron chi connectivity index (χ0n) is 14.8. The van der Waals surface area contributed by atoms with Crippen LogP contribution < -0.4 is 5.32 Å². The molecule has 0 aliphatic carbocycles. The Labute approximate surface area is 148 Å². The van der Waals surface area contributed by atoms with Crippen LogP contribution >= 0.6 is 0 Å². The summed E-state index contributed by atoms with van der Waals surface area (Å²) in [4.78, 5) is 18.2. The number of aromatic nitrogens is 3. The average molecular weight is 343 g/mol. The van der Waals surface area contributed by atoms with Crippen molar-refractivity contribution in [3.05, 3.63) is 42.4 Å². The maximum atomic E-state index is 12.4. The Bertz CT molecular complexity index is 688. The van der Waals surface area contributed by atoms with Crippen molar-refractivity contribution in [2.24, 2.45) is 5.92 Å². The van der Waals surface area contributed by atoms with Crippen molar-refractivity contribution in [1.82, 2.24) is 19.7 Å². The monoisotopic (exact) mass is 343 g/mol. The molecule has 0 unspecified atom stereocenters. The number of carbonyl (C=O) groups excluding carboxylic acids is 1. The molecule has 1 aliphatic heterocycles. The predicted octanol–water partition coefficient (Wildman–Crippen LogP) is 2.41. The first kappa shape index (κ1) is 17.4. The summed E-state index contributed by atoms with van der Waals surface area (Å²) in [5, 5.41) is 7.30. The van der Waals surface area contributed by atoms with E-state index in [0.717, 1.165) is 25.9 Å². The SMILES string of the molecule is CO[C@@H]1CN(C(=O)Nc2ccn(CCc3ccncc3)n2)CC[C@H]1C. The number of hydrogen-bond donors (Lipinski definition) is 1. The van der Waals surface area contributed by atoms with Crippen LogP contribution in [0.25, 0.3) is 0 Å². The molecule has 1 N–H and O–H groups in total. The first-order valence-electron chi connectivity index (χ1n) is 8.67. The second kappa shape index (κ2) is 8.11. The van der Waals surface area contributed by atoms with Crippen LogP contribution in [-0.4, -0.2) is 52.0 Å². The Morgan fingerprint density at radius 3 is 2.92 bits per heavy atom. The lowest BCUT2D eigenvalue weighted by Gasteiger charge is -2.35. The maximum Gasteiger partial charge on any atom is 0.323 e. The van der Waals surface area contributed by atoms with Gasteiger partial charge >= 0.3 is 6.03 Å². The third kappa shape index (κ3) is 4.57. The molecule has 2 aromatic heterocycles. The highest BCUT2D eigenvalue weighted by Crippen LogP contribution is 2.20. The van der Waals surface area contributed by atoms with Gasteiger partial charge in [0.05, 0.1) is 6.10 Å². The van der Waals surface area contributed by atoms with E-state index in [1.54, 1.807) is 24.4 Å². The molecular formula is C18H25N5O2. The second-order valence-electron chi connectivity index (χ2n) is 6.49. The van der Waals surface area contributed by atoms with E-state index in [0.29, 0.717) is 18.3 Å². The Hall–Kier alpha value is -2.41. The minimum atomic E-state index is -0.117. The minimum Gasteiger partial charge on any atom is -0.379 e. The van der Waals surface area contributed by atoms with Crippen molar-refractivity contribution in [3.63, 3.8) is 0 Å². The summed E-state index contributed by atoms with van der Waals surface area (Å²) >= 11 is 0. The molecule has 3 heterocycles. The highest BCUT2D eigenvalue weighted by molar-refractivity contribution is 5.88. The summed E-state index contributed by atoms with van der Waals surface area (Å²) < 4.78 is 7.31. The highest BCUT2D eigenvalue weighted by Gasteiger charge is 2.28. The molecule has 7 nitrogen and oxygen atoms in total. The van der Waals surface area contributed by atoms with Crippen LogP contribution in [0.15, 0.2) is 36.8 Å². The van der Waals surface area contributed by atoms with Crippen LogP contribution in [0.1, 0.15) is 18.9 Å². The van der Waals surface area contributed by atoms with E-state index in [2.05, 4.69) is 22.3 Å². The molecule has 1 aliphatic rings. The number of ether oxygens (including phenoxy) is 1. The lowest BCUT2D eigenvalue weighted by molar-refractivity contribution is 0.00894. The van der Waals surface area contributed by atoms with Gasteiger partial charge in [0.1, 0.15) is 0 Å². The molecular weight excluding hydrogens is 318 g/mol. The smallest absolute Gasteiger partial charge is 0.323 e. The van der Waals surface area contributed by atoms with E-state index < -0.39 is 0 Å². The molecule has 0 bridgehead atoms. The van der Waals surface area contributed by atoms with Crippen molar-refractivity contribution in [2.75, 3.05) is 25.5 Å². The van der Waals surface area contributed by atoms with Gasteiger partial charge in [0.2, 0.25) is 0 Å². The zero-order chi connectivity index (χ0) is 17.6. The molecule has 2 amide bonds. The van der Waals surface area contributed by atoms with Crippen molar-refractivity contribution in [3.8, 4) is 0 Å². The van der Waals surface area contributed by atoms with Crippen LogP contribution in [0.4, 0.5) is 10.6 Å². The van der Waals surface area contributed by atoms with Crippen molar-refractivity contribution < 1.29 is 9.53 Å². The standard InChI is InChI=1S/C18H25N5O2/c1-14-5-10-22(13-16(14)25-2)18(24)20-17-7-12-23(21-17)11-6-15-3-8-19-9-4-15/h3-4,7-9,12,14,16H,5-6,10-11,13H2,1-2H3,(H,20,21,24)/t14-,16-/m1/s1. The van der Waals surface area contributed by atoms with Crippen LogP contribution in [0.2, 0.25) is 0 Å². The molecule has 3 rings (SSSR count). The Kier molecular flexibility index (Phi) is 5.65. The number of likely N-dealkylation sites (tertiary alicyclic amines) is 1. The van der Waals surface area contributed by atoms with Crippen LogP contribution in [-0.2, 0) is 17.7 Å². The fourth-order valence-electron chi connectivity index (χ4n) is 3.06. The average Bonchev–Trinajstić information content (AvgIpc) is 3.08. The van der Waals surface area contributed by atoms with Gasteiger partial charge in [0.15, 0.2) is 5.82 Å². The van der Waals surface area contributed by atoms with Crippen LogP contribution in [0, 0.1) is 5.92 Å². The largest absolute Gasteiger partial charge is 0.379 e. The number of pyridine rings is 1. The molecule has 2 aromatic rings. The van der Waals surface area contributed by atoms with Gasteiger partial charge in [0.25, 0.3) is 0 Å².